The monoisotopic (exact) mass is 479 g/mol. The number of halogens is 2. The first kappa shape index (κ1) is 24.1. The third-order valence-corrected chi connectivity index (χ3v) is 6.39. The van der Waals surface area contributed by atoms with Crippen molar-refractivity contribution in [2.75, 3.05) is 19.0 Å². The minimum Gasteiger partial charge on any atom is -0.496 e. The van der Waals surface area contributed by atoms with Gasteiger partial charge >= 0.3 is 5.97 Å². The van der Waals surface area contributed by atoms with Crippen molar-refractivity contribution in [3.05, 3.63) is 51.6 Å². The van der Waals surface area contributed by atoms with Gasteiger partial charge in [-0.15, -0.1) is 0 Å². The lowest BCUT2D eigenvalue weighted by atomic mass is 9.82. The minimum atomic E-state index is -0.731. The van der Waals surface area contributed by atoms with E-state index in [0.29, 0.717) is 46.6 Å². The number of nitrogens with one attached hydrogen (secondary N) is 2. The lowest BCUT2D eigenvalue weighted by Gasteiger charge is -2.26. The number of carboxylic acids is 1. The second-order valence-electron chi connectivity index (χ2n) is 8.07. The van der Waals surface area contributed by atoms with E-state index in [2.05, 4.69) is 15.6 Å². The van der Waals surface area contributed by atoms with Crippen molar-refractivity contribution in [3.8, 4) is 5.75 Å². The highest BCUT2D eigenvalue weighted by Crippen LogP contribution is 2.32. The number of pyridine rings is 1. The summed E-state index contributed by atoms with van der Waals surface area (Å²) >= 11 is 12.5. The summed E-state index contributed by atoms with van der Waals surface area (Å²) in [5, 5.41) is 16.2. The van der Waals surface area contributed by atoms with Gasteiger partial charge in [0.2, 0.25) is 0 Å². The summed E-state index contributed by atoms with van der Waals surface area (Å²) in [7, 11) is 1.59. The van der Waals surface area contributed by atoms with Crippen LogP contribution in [0.5, 0.6) is 5.75 Å². The number of methoxy groups -OCH3 is 1. The standard InChI is InChI=1S/C23H27Cl2N3O4/c1-13(18-10-17(24)7-8-20(18)32-2)28-21-19(25)9-16(12-26-21)22(29)27-11-14-3-5-15(6-4-14)23(30)31/h7-10,12-15H,3-6,11H2,1-2H3,(H,26,28)(H,27,29)(H,30,31)/t13-,14-,15-/m0/s1. The van der Waals surface area contributed by atoms with Gasteiger partial charge in [-0.25, -0.2) is 4.98 Å². The lowest BCUT2D eigenvalue weighted by molar-refractivity contribution is -0.143. The van der Waals surface area contributed by atoms with Crippen LogP contribution in [0, 0.1) is 11.8 Å². The number of hydrogen-bond donors (Lipinski definition) is 3. The summed E-state index contributed by atoms with van der Waals surface area (Å²) in [6.07, 6.45) is 4.37. The summed E-state index contributed by atoms with van der Waals surface area (Å²) in [4.78, 5) is 27.9. The summed E-state index contributed by atoms with van der Waals surface area (Å²) in [6, 6.07) is 6.77. The van der Waals surface area contributed by atoms with Crippen LogP contribution >= 0.6 is 23.2 Å². The molecule has 1 saturated carbocycles. The van der Waals surface area contributed by atoms with E-state index in [1.54, 1.807) is 25.3 Å². The molecule has 0 saturated heterocycles. The fourth-order valence-corrected chi connectivity index (χ4v) is 4.35. The molecule has 1 aromatic heterocycles. The first-order chi connectivity index (χ1) is 15.3. The van der Waals surface area contributed by atoms with Gasteiger partial charge < -0.3 is 20.5 Å². The fraction of sp³-hybridized carbons (Fsp3) is 0.435. The molecule has 9 heteroatoms. The van der Waals surface area contributed by atoms with E-state index >= 15 is 0 Å². The topological polar surface area (TPSA) is 101 Å². The first-order valence-corrected chi connectivity index (χ1v) is 11.3. The van der Waals surface area contributed by atoms with Crippen LogP contribution in [0.2, 0.25) is 10.0 Å². The van der Waals surface area contributed by atoms with E-state index in [9.17, 15) is 9.59 Å². The van der Waals surface area contributed by atoms with E-state index in [1.165, 1.54) is 6.20 Å². The molecular weight excluding hydrogens is 453 g/mol. The molecule has 2 aromatic rings. The SMILES string of the molecule is COc1ccc(Cl)cc1[C@H](C)Nc1ncc(C(=O)NC[C@H]2CC[C@H](C(=O)O)CC2)cc1Cl. The Balaban J connectivity index is 1.58. The van der Waals surface area contributed by atoms with Crippen LogP contribution in [-0.4, -0.2) is 35.6 Å². The molecule has 1 aliphatic carbocycles. The van der Waals surface area contributed by atoms with Crippen LogP contribution in [0.25, 0.3) is 0 Å². The van der Waals surface area contributed by atoms with Crippen molar-refractivity contribution in [1.82, 2.24) is 10.3 Å². The number of carbonyl (C=O) groups excluding carboxylic acids is 1. The first-order valence-electron chi connectivity index (χ1n) is 10.5. The molecule has 0 radical (unpaired) electrons. The number of benzene rings is 1. The molecular formula is C23H27Cl2N3O4. The third kappa shape index (κ3) is 6.04. The zero-order valence-corrected chi connectivity index (χ0v) is 19.5. The highest BCUT2D eigenvalue weighted by Gasteiger charge is 2.26. The number of aliphatic carboxylic acids is 1. The van der Waals surface area contributed by atoms with Crippen molar-refractivity contribution in [1.29, 1.82) is 0 Å². The molecule has 0 unspecified atom stereocenters. The number of nitrogens with zero attached hydrogens (tertiary/aromatic N) is 1. The maximum Gasteiger partial charge on any atom is 0.306 e. The lowest BCUT2D eigenvalue weighted by Crippen LogP contribution is -2.32. The van der Waals surface area contributed by atoms with Gasteiger partial charge in [-0.1, -0.05) is 23.2 Å². The minimum absolute atomic E-state index is 0.186. The number of rotatable bonds is 8. The van der Waals surface area contributed by atoms with Gasteiger partial charge in [-0.2, -0.15) is 0 Å². The number of carbonyl (C=O) groups is 2. The van der Waals surface area contributed by atoms with Gasteiger partial charge in [0, 0.05) is 23.3 Å². The van der Waals surface area contributed by atoms with Gasteiger partial charge in [0.05, 0.1) is 29.7 Å². The quantitative estimate of drug-likeness (QED) is 0.481. The Bertz CT molecular complexity index is 978. The average molecular weight is 480 g/mol. The normalized spacial score (nSPS) is 19.1. The Morgan fingerprint density at radius 1 is 1.22 bits per heavy atom. The third-order valence-electron chi connectivity index (χ3n) is 5.86. The van der Waals surface area contributed by atoms with E-state index in [0.717, 1.165) is 18.4 Å². The number of amides is 1. The van der Waals surface area contributed by atoms with Crippen LogP contribution in [0.4, 0.5) is 5.82 Å². The second-order valence-corrected chi connectivity index (χ2v) is 8.92. The molecule has 1 fully saturated rings. The Kier molecular flexibility index (Phi) is 8.21. The zero-order chi connectivity index (χ0) is 23.3. The van der Waals surface area contributed by atoms with Crippen LogP contribution in [0.15, 0.2) is 30.5 Å². The van der Waals surface area contributed by atoms with Gasteiger partial charge in [0.15, 0.2) is 0 Å². The zero-order valence-electron chi connectivity index (χ0n) is 18.0. The number of ether oxygens (including phenoxy) is 1. The Hall–Kier alpha value is -2.51. The van der Waals surface area contributed by atoms with E-state index in [4.69, 9.17) is 33.0 Å². The van der Waals surface area contributed by atoms with Crippen molar-refractivity contribution < 1.29 is 19.4 Å². The molecule has 1 heterocycles. The molecule has 1 atom stereocenters. The van der Waals surface area contributed by atoms with Gasteiger partial charge in [-0.05, 0) is 62.8 Å². The molecule has 1 amide bonds. The average Bonchev–Trinajstić information content (AvgIpc) is 2.78. The molecule has 172 valence electrons. The molecule has 3 rings (SSSR count). The summed E-state index contributed by atoms with van der Waals surface area (Å²) in [6.45, 7) is 2.44. The fourth-order valence-electron chi connectivity index (χ4n) is 3.95. The van der Waals surface area contributed by atoms with E-state index < -0.39 is 5.97 Å². The van der Waals surface area contributed by atoms with Crippen LogP contribution in [-0.2, 0) is 4.79 Å². The van der Waals surface area contributed by atoms with E-state index in [1.807, 2.05) is 13.0 Å². The molecule has 7 nitrogen and oxygen atoms in total. The molecule has 1 aliphatic rings. The van der Waals surface area contributed by atoms with Crippen LogP contribution in [0.1, 0.15) is 54.6 Å². The molecule has 32 heavy (non-hydrogen) atoms. The maximum atomic E-state index is 12.5. The molecule has 3 N–H and O–H groups in total. The predicted molar refractivity (Wildman–Crippen MR) is 125 cm³/mol. The Labute approximate surface area is 197 Å². The second kappa shape index (κ2) is 10.9. The summed E-state index contributed by atoms with van der Waals surface area (Å²) in [5.41, 5.74) is 1.23. The summed E-state index contributed by atoms with van der Waals surface area (Å²) in [5.74, 6) is 0.177. The van der Waals surface area contributed by atoms with Crippen molar-refractivity contribution in [2.45, 2.75) is 38.6 Å². The van der Waals surface area contributed by atoms with Crippen molar-refractivity contribution in [2.24, 2.45) is 11.8 Å². The van der Waals surface area contributed by atoms with Gasteiger partial charge in [-0.3, -0.25) is 9.59 Å². The number of aromatic nitrogens is 1. The smallest absolute Gasteiger partial charge is 0.306 e. The van der Waals surface area contributed by atoms with Crippen molar-refractivity contribution >= 4 is 40.9 Å². The van der Waals surface area contributed by atoms with Crippen molar-refractivity contribution in [3.63, 3.8) is 0 Å². The highest BCUT2D eigenvalue weighted by atomic mass is 35.5. The number of hydrogen-bond acceptors (Lipinski definition) is 5. The Morgan fingerprint density at radius 2 is 1.94 bits per heavy atom. The molecule has 0 bridgehead atoms. The van der Waals surface area contributed by atoms with Crippen LogP contribution < -0.4 is 15.4 Å². The predicted octanol–water partition coefficient (Wildman–Crippen LogP) is 5.19. The van der Waals surface area contributed by atoms with Gasteiger partial charge in [0.1, 0.15) is 11.6 Å². The summed E-state index contributed by atoms with van der Waals surface area (Å²) < 4.78 is 5.40. The largest absolute Gasteiger partial charge is 0.496 e. The van der Waals surface area contributed by atoms with Gasteiger partial charge in [0.25, 0.3) is 5.91 Å². The highest BCUT2D eigenvalue weighted by molar-refractivity contribution is 6.33. The number of anilines is 1. The number of carboxylic acid groups (broad SMARTS) is 1. The van der Waals surface area contributed by atoms with Crippen LogP contribution in [0.3, 0.4) is 0 Å². The molecule has 0 aliphatic heterocycles. The molecule has 1 aromatic carbocycles. The molecule has 0 spiro atoms. The Morgan fingerprint density at radius 3 is 2.56 bits per heavy atom. The maximum absolute atomic E-state index is 12.5. The van der Waals surface area contributed by atoms with E-state index in [-0.39, 0.29) is 23.8 Å².